The van der Waals surface area contributed by atoms with Crippen molar-refractivity contribution < 1.29 is 13.5 Å². The second-order valence-corrected chi connectivity index (χ2v) is 4.68. The largest absolute Gasteiger partial charge is 0.435 e. The molecule has 0 spiro atoms. The number of alkyl halides is 2. The first-order chi connectivity index (χ1) is 8.63. The van der Waals surface area contributed by atoms with E-state index in [1.807, 2.05) is 12.3 Å². The highest BCUT2D eigenvalue weighted by Gasteiger charge is 2.04. The molecule has 1 aromatic heterocycles. The fraction of sp³-hybridized carbons (Fsp3) is 0.250. The topological polar surface area (TPSA) is 34.2 Å². The van der Waals surface area contributed by atoms with Gasteiger partial charge in [0.15, 0.2) is 0 Å². The number of aryl methyl sites for hydroxylation is 1. The van der Waals surface area contributed by atoms with Gasteiger partial charge in [0.25, 0.3) is 0 Å². The molecule has 0 aliphatic rings. The third-order valence-electron chi connectivity index (χ3n) is 2.20. The summed E-state index contributed by atoms with van der Waals surface area (Å²) in [7, 11) is 0. The lowest BCUT2D eigenvalue weighted by molar-refractivity contribution is -0.0498. The van der Waals surface area contributed by atoms with Crippen LogP contribution in [0, 0.1) is 6.92 Å². The van der Waals surface area contributed by atoms with E-state index >= 15 is 0 Å². The molecule has 1 N–H and O–H groups in total. The third-order valence-corrected chi connectivity index (χ3v) is 3.02. The monoisotopic (exact) mass is 270 g/mol. The van der Waals surface area contributed by atoms with Crippen LogP contribution in [0.25, 0.3) is 0 Å². The van der Waals surface area contributed by atoms with Gasteiger partial charge in [-0.15, -0.1) is 11.3 Å². The smallest absolute Gasteiger partial charge is 0.387 e. The van der Waals surface area contributed by atoms with Crippen molar-refractivity contribution in [3.05, 3.63) is 40.3 Å². The van der Waals surface area contributed by atoms with Crippen molar-refractivity contribution >= 4 is 17.0 Å². The Labute approximate surface area is 107 Å². The van der Waals surface area contributed by atoms with Crippen LogP contribution in [0.15, 0.2) is 29.6 Å². The van der Waals surface area contributed by atoms with Crippen LogP contribution < -0.4 is 10.1 Å². The van der Waals surface area contributed by atoms with Crippen LogP contribution in [0.5, 0.6) is 5.75 Å². The molecule has 1 heterocycles. The lowest BCUT2D eigenvalue weighted by Crippen LogP contribution is -2.03. The van der Waals surface area contributed by atoms with Crippen molar-refractivity contribution in [2.24, 2.45) is 0 Å². The van der Waals surface area contributed by atoms with Gasteiger partial charge in [-0.2, -0.15) is 8.78 Å². The van der Waals surface area contributed by atoms with Gasteiger partial charge >= 0.3 is 6.61 Å². The minimum atomic E-state index is -2.80. The summed E-state index contributed by atoms with van der Waals surface area (Å²) in [5.41, 5.74) is 1.65. The van der Waals surface area contributed by atoms with Gasteiger partial charge in [-0.25, -0.2) is 4.98 Å². The van der Waals surface area contributed by atoms with Gasteiger partial charge in [-0.3, -0.25) is 0 Å². The van der Waals surface area contributed by atoms with Crippen LogP contribution >= 0.6 is 11.3 Å². The summed E-state index contributed by atoms with van der Waals surface area (Å²) in [6, 6.07) is 6.47. The molecule has 0 unspecified atom stereocenters. The van der Waals surface area contributed by atoms with Gasteiger partial charge in [0, 0.05) is 17.1 Å². The van der Waals surface area contributed by atoms with Crippen LogP contribution in [-0.4, -0.2) is 11.6 Å². The van der Waals surface area contributed by atoms with Crippen LogP contribution in [-0.2, 0) is 6.54 Å². The fourth-order valence-electron chi connectivity index (χ4n) is 1.46. The second-order valence-electron chi connectivity index (χ2n) is 3.62. The van der Waals surface area contributed by atoms with E-state index in [0.717, 1.165) is 16.4 Å². The van der Waals surface area contributed by atoms with E-state index in [1.165, 1.54) is 12.1 Å². The van der Waals surface area contributed by atoms with E-state index in [4.69, 9.17) is 0 Å². The van der Waals surface area contributed by atoms with Crippen molar-refractivity contribution in [2.75, 3.05) is 5.32 Å². The summed E-state index contributed by atoms with van der Waals surface area (Å²) < 4.78 is 28.4. The number of aromatic nitrogens is 1. The SMILES string of the molecule is Cc1nc(CNc2cccc(OC(F)F)c2)cs1. The molecule has 0 aliphatic carbocycles. The molecule has 0 saturated carbocycles. The van der Waals surface area contributed by atoms with Crippen LogP contribution in [0.1, 0.15) is 10.7 Å². The van der Waals surface area contributed by atoms with Crippen molar-refractivity contribution in [2.45, 2.75) is 20.1 Å². The fourth-order valence-corrected chi connectivity index (χ4v) is 2.08. The number of hydrogen-bond donors (Lipinski definition) is 1. The predicted molar refractivity (Wildman–Crippen MR) is 67.3 cm³/mol. The van der Waals surface area contributed by atoms with E-state index in [1.54, 1.807) is 23.5 Å². The molecule has 0 bridgehead atoms. The second kappa shape index (κ2) is 5.77. The Bertz CT molecular complexity index is 516. The molecule has 3 nitrogen and oxygen atoms in total. The standard InChI is InChI=1S/C12H12F2N2OS/c1-8-16-10(7-18-8)6-15-9-3-2-4-11(5-9)17-12(13)14/h2-5,7,12,15H,6H2,1H3. The van der Waals surface area contributed by atoms with Crippen LogP contribution in [0.2, 0.25) is 0 Å². The van der Waals surface area contributed by atoms with Crippen molar-refractivity contribution in [3.8, 4) is 5.75 Å². The molecule has 96 valence electrons. The van der Waals surface area contributed by atoms with Crippen molar-refractivity contribution in [1.29, 1.82) is 0 Å². The van der Waals surface area contributed by atoms with Crippen LogP contribution in [0.3, 0.4) is 0 Å². The number of hydrogen-bond acceptors (Lipinski definition) is 4. The highest BCUT2D eigenvalue weighted by Crippen LogP contribution is 2.20. The molecular weight excluding hydrogens is 258 g/mol. The van der Waals surface area contributed by atoms with E-state index in [-0.39, 0.29) is 5.75 Å². The molecule has 0 radical (unpaired) electrons. The maximum Gasteiger partial charge on any atom is 0.387 e. The Kier molecular flexibility index (Phi) is 4.09. The summed E-state index contributed by atoms with van der Waals surface area (Å²) in [4.78, 5) is 4.30. The molecule has 2 aromatic rings. The minimum Gasteiger partial charge on any atom is -0.435 e. The van der Waals surface area contributed by atoms with E-state index in [2.05, 4.69) is 15.0 Å². The Hall–Kier alpha value is -1.69. The molecule has 1 aromatic carbocycles. The van der Waals surface area contributed by atoms with Gasteiger partial charge < -0.3 is 10.1 Å². The number of rotatable bonds is 5. The Morgan fingerprint density at radius 1 is 1.44 bits per heavy atom. The lowest BCUT2D eigenvalue weighted by atomic mass is 10.3. The zero-order valence-corrected chi connectivity index (χ0v) is 10.5. The summed E-state index contributed by atoms with van der Waals surface area (Å²) in [6.45, 7) is -0.310. The van der Waals surface area contributed by atoms with Crippen LogP contribution in [0.4, 0.5) is 14.5 Å². The number of ether oxygens (including phenoxy) is 1. The van der Waals surface area contributed by atoms with Gasteiger partial charge in [-0.1, -0.05) is 6.07 Å². The summed E-state index contributed by atoms with van der Waals surface area (Å²) in [5, 5.41) is 6.07. The first kappa shape index (κ1) is 12.8. The van der Waals surface area contributed by atoms with Gasteiger partial charge in [-0.05, 0) is 19.1 Å². The molecule has 0 fully saturated rings. The highest BCUT2D eigenvalue weighted by molar-refractivity contribution is 7.09. The zero-order valence-electron chi connectivity index (χ0n) is 9.69. The first-order valence-corrected chi connectivity index (χ1v) is 6.21. The summed E-state index contributed by atoms with van der Waals surface area (Å²) in [6.07, 6.45) is 0. The molecule has 0 aliphatic heterocycles. The molecule has 0 saturated heterocycles. The normalized spacial score (nSPS) is 10.7. The molecule has 6 heteroatoms. The number of anilines is 1. The van der Waals surface area contributed by atoms with Gasteiger partial charge in [0.05, 0.1) is 17.2 Å². The maximum absolute atomic E-state index is 12.1. The quantitative estimate of drug-likeness (QED) is 0.900. The predicted octanol–water partition coefficient (Wildman–Crippen LogP) is 3.67. The average Bonchev–Trinajstić information content (AvgIpc) is 2.72. The molecule has 0 amide bonds. The number of nitrogens with one attached hydrogen (secondary N) is 1. The lowest BCUT2D eigenvalue weighted by Gasteiger charge is -2.08. The van der Waals surface area contributed by atoms with E-state index < -0.39 is 6.61 Å². The number of halogens is 2. The van der Waals surface area contributed by atoms with Crippen molar-refractivity contribution in [3.63, 3.8) is 0 Å². The molecule has 2 rings (SSSR count). The van der Waals surface area contributed by atoms with Gasteiger partial charge in [0.1, 0.15) is 5.75 Å². The summed E-state index contributed by atoms with van der Waals surface area (Å²) >= 11 is 1.58. The zero-order chi connectivity index (χ0) is 13.0. The van der Waals surface area contributed by atoms with E-state index in [9.17, 15) is 8.78 Å². The van der Waals surface area contributed by atoms with Gasteiger partial charge in [0.2, 0.25) is 0 Å². The third kappa shape index (κ3) is 3.66. The molecular formula is C12H12F2N2OS. The maximum atomic E-state index is 12.1. The number of nitrogens with zero attached hydrogens (tertiary/aromatic N) is 1. The number of thiazole rings is 1. The van der Waals surface area contributed by atoms with E-state index in [0.29, 0.717) is 6.54 Å². The average molecular weight is 270 g/mol. The van der Waals surface area contributed by atoms with Crippen molar-refractivity contribution in [1.82, 2.24) is 4.98 Å². The Morgan fingerprint density at radius 3 is 2.94 bits per heavy atom. The Balaban J connectivity index is 1.96. The Morgan fingerprint density at radius 2 is 2.28 bits per heavy atom. The first-order valence-electron chi connectivity index (χ1n) is 5.33. The number of benzene rings is 1. The minimum absolute atomic E-state index is 0.143. The summed E-state index contributed by atoms with van der Waals surface area (Å²) in [5.74, 6) is 0.143. The highest BCUT2D eigenvalue weighted by atomic mass is 32.1. The molecule has 0 atom stereocenters. The molecule has 18 heavy (non-hydrogen) atoms.